The number of aromatic nitrogens is 2. The molecule has 22 heavy (non-hydrogen) atoms. The monoisotopic (exact) mass is 299 g/mol. The average Bonchev–Trinajstić information content (AvgIpc) is 2.57. The van der Waals surface area contributed by atoms with Crippen LogP contribution in [-0.4, -0.2) is 33.7 Å². The number of hydrogen-bond donors (Lipinski definition) is 0. The second-order valence-corrected chi connectivity index (χ2v) is 5.98. The van der Waals surface area contributed by atoms with Gasteiger partial charge in [-0.25, -0.2) is 0 Å². The third-order valence-electron chi connectivity index (χ3n) is 4.56. The minimum Gasteiger partial charge on any atom is -0.341 e. The maximum atomic E-state index is 12.5. The molecule has 0 radical (unpaired) electrons. The molecule has 1 heterocycles. The predicted octanol–water partition coefficient (Wildman–Crippen LogP) is 2.19. The van der Waals surface area contributed by atoms with Gasteiger partial charge in [0.05, 0.1) is 11.7 Å². The summed E-state index contributed by atoms with van der Waals surface area (Å²) in [7, 11) is 1.88. The highest BCUT2D eigenvalue weighted by molar-refractivity contribution is 5.81. The molecule has 5 heteroatoms. The topological polar surface area (TPSA) is 55.2 Å². The molecular formula is C17H21N3O2. The molecule has 1 saturated carbocycles. The Morgan fingerprint density at radius 2 is 2.00 bits per heavy atom. The molecule has 5 nitrogen and oxygen atoms in total. The summed E-state index contributed by atoms with van der Waals surface area (Å²) in [6.07, 6.45) is 7.12. The van der Waals surface area contributed by atoms with Crippen molar-refractivity contribution in [1.82, 2.24) is 14.7 Å². The van der Waals surface area contributed by atoms with E-state index in [0.29, 0.717) is 16.9 Å². The minimum atomic E-state index is -0.111. The van der Waals surface area contributed by atoms with Crippen molar-refractivity contribution in [3.05, 3.63) is 40.7 Å². The molecule has 3 rings (SSSR count). The lowest BCUT2D eigenvalue weighted by atomic mass is 9.94. The lowest BCUT2D eigenvalue weighted by Gasteiger charge is -2.31. The fourth-order valence-corrected chi connectivity index (χ4v) is 3.20. The average molecular weight is 299 g/mol. The molecule has 1 aliphatic rings. The molecular weight excluding hydrogens is 278 g/mol. The number of nitrogens with zero attached hydrogens (tertiary/aromatic N) is 3. The van der Waals surface area contributed by atoms with Crippen molar-refractivity contribution < 1.29 is 4.79 Å². The van der Waals surface area contributed by atoms with E-state index in [1.54, 1.807) is 10.7 Å². The van der Waals surface area contributed by atoms with Gasteiger partial charge in [0, 0.05) is 18.5 Å². The summed E-state index contributed by atoms with van der Waals surface area (Å²) in [4.78, 5) is 26.2. The van der Waals surface area contributed by atoms with Crippen molar-refractivity contribution in [1.29, 1.82) is 0 Å². The van der Waals surface area contributed by atoms with Crippen LogP contribution in [0.25, 0.3) is 10.9 Å². The van der Waals surface area contributed by atoms with Crippen LogP contribution in [0.1, 0.15) is 32.1 Å². The van der Waals surface area contributed by atoms with Gasteiger partial charge < -0.3 is 4.90 Å². The van der Waals surface area contributed by atoms with Crippen molar-refractivity contribution in [2.24, 2.45) is 0 Å². The normalized spacial score (nSPS) is 15.9. The molecule has 0 spiro atoms. The van der Waals surface area contributed by atoms with Crippen molar-refractivity contribution in [2.75, 3.05) is 7.05 Å². The number of carbonyl (C=O) groups excluding carboxylic acids is 1. The van der Waals surface area contributed by atoms with Crippen molar-refractivity contribution in [2.45, 2.75) is 44.7 Å². The zero-order valence-corrected chi connectivity index (χ0v) is 12.9. The van der Waals surface area contributed by atoms with Gasteiger partial charge >= 0.3 is 0 Å². The first-order chi connectivity index (χ1) is 10.7. The Balaban J connectivity index is 1.82. The SMILES string of the molecule is CN(C(=O)Cn1ncc(=O)c2ccccc21)C1CCCCC1. The Hall–Kier alpha value is -2.17. The van der Waals surface area contributed by atoms with E-state index in [4.69, 9.17) is 0 Å². The highest BCUT2D eigenvalue weighted by atomic mass is 16.2. The van der Waals surface area contributed by atoms with E-state index in [-0.39, 0.29) is 17.9 Å². The van der Waals surface area contributed by atoms with E-state index in [2.05, 4.69) is 5.10 Å². The Labute approximate surface area is 129 Å². The molecule has 1 fully saturated rings. The molecule has 116 valence electrons. The highest BCUT2D eigenvalue weighted by Gasteiger charge is 2.22. The number of amides is 1. The third kappa shape index (κ3) is 2.89. The van der Waals surface area contributed by atoms with Crippen LogP contribution < -0.4 is 5.43 Å². The minimum absolute atomic E-state index is 0.0493. The Bertz CT molecular complexity index is 732. The van der Waals surface area contributed by atoms with Crippen LogP contribution in [0.5, 0.6) is 0 Å². The fourth-order valence-electron chi connectivity index (χ4n) is 3.20. The molecule has 0 N–H and O–H groups in total. The largest absolute Gasteiger partial charge is 0.341 e. The van der Waals surface area contributed by atoms with Crippen molar-refractivity contribution in [3.63, 3.8) is 0 Å². The van der Waals surface area contributed by atoms with Gasteiger partial charge in [0.25, 0.3) is 0 Å². The van der Waals surface area contributed by atoms with Gasteiger partial charge in [0.15, 0.2) is 0 Å². The maximum Gasteiger partial charge on any atom is 0.244 e. The number of hydrogen-bond acceptors (Lipinski definition) is 3. The first-order valence-corrected chi connectivity index (χ1v) is 7.87. The molecule has 1 aliphatic carbocycles. The lowest BCUT2D eigenvalue weighted by molar-refractivity contribution is -0.133. The number of fused-ring (bicyclic) bond motifs is 1. The van der Waals surface area contributed by atoms with Crippen LogP contribution in [0.4, 0.5) is 0 Å². The zero-order valence-electron chi connectivity index (χ0n) is 12.9. The Kier molecular flexibility index (Phi) is 4.22. The molecule has 2 aromatic rings. The van der Waals surface area contributed by atoms with Gasteiger partial charge in [-0.05, 0) is 25.0 Å². The van der Waals surface area contributed by atoms with Crippen LogP contribution in [0.2, 0.25) is 0 Å². The van der Waals surface area contributed by atoms with Crippen molar-refractivity contribution in [3.8, 4) is 0 Å². The first kappa shape index (κ1) is 14.8. The van der Waals surface area contributed by atoms with E-state index >= 15 is 0 Å². The maximum absolute atomic E-state index is 12.5. The zero-order chi connectivity index (χ0) is 15.5. The van der Waals surface area contributed by atoms with Gasteiger partial charge in [-0.2, -0.15) is 5.10 Å². The number of para-hydroxylation sites is 1. The molecule has 0 bridgehead atoms. The Morgan fingerprint density at radius 1 is 1.27 bits per heavy atom. The van der Waals surface area contributed by atoms with E-state index < -0.39 is 0 Å². The molecule has 1 amide bonds. The van der Waals surface area contributed by atoms with Crippen LogP contribution in [0.15, 0.2) is 35.3 Å². The van der Waals surface area contributed by atoms with Crippen LogP contribution in [-0.2, 0) is 11.3 Å². The number of benzene rings is 1. The van der Waals surface area contributed by atoms with E-state index in [9.17, 15) is 9.59 Å². The number of likely N-dealkylation sites (N-methyl/N-ethyl adjacent to an activating group) is 1. The smallest absolute Gasteiger partial charge is 0.244 e. The van der Waals surface area contributed by atoms with Crippen LogP contribution >= 0.6 is 0 Å². The summed E-state index contributed by atoms with van der Waals surface area (Å²) in [6.45, 7) is 0.174. The van der Waals surface area contributed by atoms with Crippen LogP contribution in [0.3, 0.4) is 0 Å². The first-order valence-electron chi connectivity index (χ1n) is 7.87. The lowest BCUT2D eigenvalue weighted by Crippen LogP contribution is -2.40. The number of rotatable bonds is 3. The quantitative estimate of drug-likeness (QED) is 0.873. The van der Waals surface area contributed by atoms with Gasteiger partial charge in [0.2, 0.25) is 11.3 Å². The van der Waals surface area contributed by atoms with Gasteiger partial charge in [0.1, 0.15) is 6.54 Å². The molecule has 1 aromatic carbocycles. The fraction of sp³-hybridized carbons (Fsp3) is 0.471. The second-order valence-electron chi connectivity index (χ2n) is 5.98. The summed E-state index contributed by atoms with van der Waals surface area (Å²) in [5.41, 5.74) is 0.598. The van der Waals surface area contributed by atoms with E-state index in [1.807, 2.05) is 30.1 Å². The Morgan fingerprint density at radius 3 is 2.77 bits per heavy atom. The number of carbonyl (C=O) groups is 1. The summed E-state index contributed by atoms with van der Waals surface area (Å²) in [6, 6.07) is 7.62. The summed E-state index contributed by atoms with van der Waals surface area (Å²) in [5, 5.41) is 4.73. The van der Waals surface area contributed by atoms with E-state index in [0.717, 1.165) is 12.8 Å². The second kappa shape index (κ2) is 6.30. The summed E-state index contributed by atoms with van der Waals surface area (Å²) >= 11 is 0. The molecule has 0 saturated heterocycles. The third-order valence-corrected chi connectivity index (χ3v) is 4.56. The summed E-state index contributed by atoms with van der Waals surface area (Å²) < 4.78 is 1.62. The van der Waals surface area contributed by atoms with Crippen LogP contribution in [0, 0.1) is 0 Å². The van der Waals surface area contributed by atoms with Gasteiger partial charge in [-0.3, -0.25) is 14.3 Å². The molecule has 0 atom stereocenters. The standard InChI is InChI=1S/C17H21N3O2/c1-19(13-7-3-2-4-8-13)17(22)12-20-15-10-6-5-9-14(15)16(21)11-18-20/h5-6,9-11,13H,2-4,7-8,12H2,1H3. The summed E-state index contributed by atoms with van der Waals surface area (Å²) in [5.74, 6) is 0.0493. The molecule has 0 aliphatic heterocycles. The van der Waals surface area contributed by atoms with Crippen molar-refractivity contribution >= 4 is 16.8 Å². The predicted molar refractivity (Wildman–Crippen MR) is 85.6 cm³/mol. The molecule has 0 unspecified atom stereocenters. The van der Waals surface area contributed by atoms with Gasteiger partial charge in [-0.1, -0.05) is 31.4 Å². The highest BCUT2D eigenvalue weighted by Crippen LogP contribution is 2.22. The van der Waals surface area contributed by atoms with E-state index in [1.165, 1.54) is 25.5 Å². The molecule has 1 aromatic heterocycles. The van der Waals surface area contributed by atoms with Gasteiger partial charge in [-0.15, -0.1) is 0 Å².